The summed E-state index contributed by atoms with van der Waals surface area (Å²) in [7, 11) is 1.43. The number of tetrazole rings is 1. The van der Waals surface area contributed by atoms with Crippen LogP contribution >= 0.6 is 0 Å². The molecule has 1 amide bonds. The summed E-state index contributed by atoms with van der Waals surface area (Å²) in [6.45, 7) is 3.37. The molecule has 0 fully saturated rings. The number of alkyl halides is 9. The van der Waals surface area contributed by atoms with E-state index in [0.717, 1.165) is 23.0 Å². The van der Waals surface area contributed by atoms with E-state index in [1.54, 1.807) is 13.8 Å². The van der Waals surface area contributed by atoms with Crippen molar-refractivity contribution in [2.24, 2.45) is 7.05 Å². The summed E-state index contributed by atoms with van der Waals surface area (Å²) in [5.74, 6) is -0.292. The molecule has 2 aromatic carbocycles. The van der Waals surface area contributed by atoms with Crippen LogP contribution in [0.2, 0.25) is 0 Å². The van der Waals surface area contributed by atoms with Crippen molar-refractivity contribution < 1.29 is 49.0 Å². The number of carbonyl (C=O) groups is 1. The second-order valence-electron chi connectivity index (χ2n) is 11.1. The van der Waals surface area contributed by atoms with Crippen molar-refractivity contribution in [2.45, 2.75) is 63.7 Å². The highest BCUT2D eigenvalue weighted by atomic mass is 19.4. The van der Waals surface area contributed by atoms with Gasteiger partial charge in [-0.25, -0.2) is 14.8 Å². The van der Waals surface area contributed by atoms with Crippen molar-refractivity contribution in [2.75, 3.05) is 16.8 Å². The third kappa shape index (κ3) is 7.69. The number of ether oxygens (including phenoxy) is 1. The fraction of sp³-hybridized carbons (Fsp3) is 0.400. The molecule has 0 saturated carbocycles. The normalized spacial score (nSPS) is 16.8. The lowest BCUT2D eigenvalue weighted by atomic mass is 9.89. The molecule has 0 radical (unpaired) electrons. The molecule has 49 heavy (non-hydrogen) atoms. The summed E-state index contributed by atoms with van der Waals surface area (Å²) in [5.41, 5.74) is -4.30. The minimum absolute atomic E-state index is 0.00105. The Kier molecular flexibility index (Phi) is 9.48. The van der Waals surface area contributed by atoms with Crippen molar-refractivity contribution in [3.8, 4) is 11.4 Å². The number of rotatable bonds is 7. The lowest BCUT2D eigenvalue weighted by Gasteiger charge is -2.40. The first-order valence-corrected chi connectivity index (χ1v) is 14.7. The van der Waals surface area contributed by atoms with E-state index in [1.807, 2.05) is 0 Å². The van der Waals surface area contributed by atoms with Gasteiger partial charge < -0.3 is 10.1 Å². The first-order chi connectivity index (χ1) is 22.9. The Morgan fingerprint density at radius 1 is 0.939 bits per heavy atom. The Morgan fingerprint density at radius 2 is 1.59 bits per heavy atom. The SMILES string of the molecule is CCOC(=O)N1c2ccc(C(F)(F)F)cc2[C@@H](Nc2ncc(-c3nnn(C)n3)c(Cc3cc(C(F)(F)F)cc(C(F)(F)F)c3)n2)C[C@H]1CC. The van der Waals surface area contributed by atoms with Crippen LogP contribution in [-0.2, 0) is 36.7 Å². The van der Waals surface area contributed by atoms with Crippen LogP contribution in [0.5, 0.6) is 0 Å². The number of hydrogen-bond acceptors (Lipinski definition) is 8. The van der Waals surface area contributed by atoms with Gasteiger partial charge in [-0.2, -0.15) is 44.3 Å². The zero-order valence-electron chi connectivity index (χ0n) is 25.9. The predicted molar refractivity (Wildman–Crippen MR) is 155 cm³/mol. The molecular weight excluding hydrogens is 675 g/mol. The summed E-state index contributed by atoms with van der Waals surface area (Å²) in [6.07, 6.45) is -14.6. The zero-order chi connectivity index (χ0) is 35.9. The Hall–Kier alpha value is -4.97. The van der Waals surface area contributed by atoms with Gasteiger partial charge in [0, 0.05) is 18.7 Å². The van der Waals surface area contributed by atoms with Crippen LogP contribution in [0.3, 0.4) is 0 Å². The van der Waals surface area contributed by atoms with Crippen LogP contribution in [-0.4, -0.2) is 48.9 Å². The van der Waals surface area contributed by atoms with Crippen molar-refractivity contribution in [1.82, 2.24) is 30.2 Å². The molecule has 4 aromatic rings. The van der Waals surface area contributed by atoms with Crippen LogP contribution in [0, 0.1) is 0 Å². The van der Waals surface area contributed by atoms with Crippen molar-refractivity contribution in [3.05, 3.63) is 76.1 Å². The molecule has 0 saturated heterocycles. The van der Waals surface area contributed by atoms with Crippen LogP contribution in [0.15, 0.2) is 42.6 Å². The number of carbonyl (C=O) groups excluding carboxylic acids is 1. The number of aromatic nitrogens is 6. The number of anilines is 2. The van der Waals surface area contributed by atoms with Gasteiger partial charge in [-0.05, 0) is 72.5 Å². The van der Waals surface area contributed by atoms with E-state index in [0.29, 0.717) is 18.6 Å². The van der Waals surface area contributed by atoms with E-state index in [9.17, 15) is 44.3 Å². The van der Waals surface area contributed by atoms with Gasteiger partial charge in [0.05, 0.1) is 53.3 Å². The average Bonchev–Trinajstić information content (AvgIpc) is 3.45. The summed E-state index contributed by atoms with van der Waals surface area (Å²) in [6, 6.07) is 2.52. The highest BCUT2D eigenvalue weighted by Crippen LogP contribution is 2.43. The van der Waals surface area contributed by atoms with Gasteiger partial charge in [-0.15, -0.1) is 10.2 Å². The van der Waals surface area contributed by atoms with Gasteiger partial charge in [-0.1, -0.05) is 6.92 Å². The van der Waals surface area contributed by atoms with E-state index in [-0.39, 0.29) is 53.4 Å². The molecule has 10 nitrogen and oxygen atoms in total. The van der Waals surface area contributed by atoms with Crippen molar-refractivity contribution in [3.63, 3.8) is 0 Å². The molecule has 0 aliphatic carbocycles. The molecule has 2 atom stereocenters. The number of nitrogens with zero attached hydrogens (tertiary/aromatic N) is 7. The van der Waals surface area contributed by atoms with Crippen molar-refractivity contribution in [1.29, 1.82) is 0 Å². The van der Waals surface area contributed by atoms with E-state index in [4.69, 9.17) is 4.74 Å². The molecule has 0 unspecified atom stereocenters. The van der Waals surface area contributed by atoms with Crippen LogP contribution in [0.1, 0.15) is 66.2 Å². The maximum Gasteiger partial charge on any atom is 0.416 e. The van der Waals surface area contributed by atoms with Crippen LogP contribution in [0.4, 0.5) is 55.9 Å². The molecule has 2 aromatic heterocycles. The second-order valence-corrected chi connectivity index (χ2v) is 11.1. The zero-order valence-corrected chi connectivity index (χ0v) is 25.9. The Labute approximate surface area is 272 Å². The third-order valence-corrected chi connectivity index (χ3v) is 7.74. The third-order valence-electron chi connectivity index (χ3n) is 7.74. The molecule has 1 N–H and O–H groups in total. The van der Waals surface area contributed by atoms with Gasteiger partial charge in [0.1, 0.15) is 0 Å². The van der Waals surface area contributed by atoms with Crippen LogP contribution < -0.4 is 10.2 Å². The first kappa shape index (κ1) is 35.3. The van der Waals surface area contributed by atoms with E-state index in [1.165, 1.54) is 18.1 Å². The van der Waals surface area contributed by atoms with Crippen LogP contribution in [0.25, 0.3) is 11.4 Å². The van der Waals surface area contributed by atoms with E-state index >= 15 is 0 Å². The predicted octanol–water partition coefficient (Wildman–Crippen LogP) is 7.61. The summed E-state index contributed by atoms with van der Waals surface area (Å²) in [5, 5.41) is 14.6. The highest BCUT2D eigenvalue weighted by molar-refractivity contribution is 5.90. The number of hydrogen-bond donors (Lipinski definition) is 1. The van der Waals surface area contributed by atoms with Crippen molar-refractivity contribution >= 4 is 17.7 Å². The van der Waals surface area contributed by atoms with Gasteiger partial charge in [0.15, 0.2) is 0 Å². The smallest absolute Gasteiger partial charge is 0.416 e. The standard InChI is InChI=1S/C30H27F9N8O2/c1-4-19-13-23(20-12-16(28(31,32)33)6-7-24(20)47(19)27(48)49-5-2)42-26-40-14-21(25-43-45-46(3)44-25)22(41-26)10-15-8-17(29(34,35)36)11-18(9-15)30(37,38)39/h6-9,11-12,14,19,23H,4-5,10,13H2,1-3H3,(H,40,41,42)/t19-,23+/m1/s1. The Morgan fingerprint density at radius 3 is 2.14 bits per heavy atom. The summed E-state index contributed by atoms with van der Waals surface area (Å²) >= 11 is 0. The average molecular weight is 703 g/mol. The molecule has 262 valence electrons. The number of aryl methyl sites for hydroxylation is 1. The molecule has 19 heteroatoms. The van der Waals surface area contributed by atoms with Gasteiger partial charge >= 0.3 is 24.6 Å². The fourth-order valence-corrected chi connectivity index (χ4v) is 5.53. The maximum absolute atomic E-state index is 13.8. The number of amides is 1. The minimum Gasteiger partial charge on any atom is -0.449 e. The second kappa shape index (κ2) is 13.1. The molecule has 1 aliphatic heterocycles. The Bertz CT molecular complexity index is 1810. The van der Waals surface area contributed by atoms with Gasteiger partial charge in [0.25, 0.3) is 0 Å². The summed E-state index contributed by atoms with van der Waals surface area (Å²) < 4.78 is 128. The lowest BCUT2D eigenvalue weighted by Crippen LogP contribution is -2.46. The molecule has 0 bridgehead atoms. The number of nitrogens with one attached hydrogen (secondary N) is 1. The number of fused-ring (bicyclic) bond motifs is 1. The quantitative estimate of drug-likeness (QED) is 0.196. The first-order valence-electron chi connectivity index (χ1n) is 14.7. The highest BCUT2D eigenvalue weighted by Gasteiger charge is 2.40. The molecule has 3 heterocycles. The fourth-order valence-electron chi connectivity index (χ4n) is 5.53. The topological polar surface area (TPSA) is 111 Å². The largest absolute Gasteiger partial charge is 0.449 e. The lowest BCUT2D eigenvalue weighted by molar-refractivity contribution is -0.143. The monoisotopic (exact) mass is 702 g/mol. The molecule has 1 aliphatic rings. The molecule has 0 spiro atoms. The molecular formula is C30H27F9N8O2. The maximum atomic E-state index is 13.8. The van der Waals surface area contributed by atoms with E-state index < -0.39 is 65.4 Å². The Balaban J connectivity index is 1.60. The minimum atomic E-state index is -5.10. The van der Waals surface area contributed by atoms with E-state index in [2.05, 4.69) is 30.7 Å². The summed E-state index contributed by atoms with van der Waals surface area (Å²) in [4.78, 5) is 23.9. The number of benzene rings is 2. The number of halogens is 9. The van der Waals surface area contributed by atoms with Gasteiger partial charge in [0.2, 0.25) is 11.8 Å². The molecule has 5 rings (SSSR count). The van der Waals surface area contributed by atoms with Gasteiger partial charge in [-0.3, -0.25) is 4.90 Å².